The fourth-order valence-corrected chi connectivity index (χ4v) is 2.91. The smallest absolute Gasteiger partial charge is 0.343 e. The van der Waals surface area contributed by atoms with Gasteiger partial charge in [0.25, 0.3) is 5.91 Å². The van der Waals surface area contributed by atoms with Crippen LogP contribution in [0.25, 0.3) is 0 Å². The Labute approximate surface area is 161 Å². The summed E-state index contributed by atoms with van der Waals surface area (Å²) >= 11 is 0. The average molecular weight is 384 g/mol. The molecule has 0 aliphatic heterocycles. The third kappa shape index (κ3) is 4.17. The summed E-state index contributed by atoms with van der Waals surface area (Å²) in [7, 11) is 1.74. The molecule has 28 heavy (non-hydrogen) atoms. The molecule has 0 spiro atoms. The third-order valence-corrected chi connectivity index (χ3v) is 4.47. The number of benzene rings is 3. The van der Waals surface area contributed by atoms with Crippen molar-refractivity contribution in [3.8, 4) is 0 Å². The first-order valence-corrected chi connectivity index (χ1v) is 8.64. The van der Waals surface area contributed by atoms with Gasteiger partial charge in [0, 0.05) is 18.3 Å². The molecule has 0 bridgehead atoms. The molecule has 0 heterocycles. The summed E-state index contributed by atoms with van der Waals surface area (Å²) in [5.74, 6) is -0.458. The van der Waals surface area contributed by atoms with Crippen molar-refractivity contribution in [3.63, 3.8) is 0 Å². The lowest BCUT2D eigenvalue weighted by Gasteiger charge is -2.24. The van der Waals surface area contributed by atoms with Gasteiger partial charge in [-0.1, -0.05) is 36.4 Å². The van der Waals surface area contributed by atoms with Crippen molar-refractivity contribution in [1.29, 1.82) is 0 Å². The Kier molecular flexibility index (Phi) is 5.40. The van der Waals surface area contributed by atoms with Crippen molar-refractivity contribution in [2.24, 2.45) is 0 Å². The summed E-state index contributed by atoms with van der Waals surface area (Å²) in [5, 5.41) is 2.65. The second kappa shape index (κ2) is 7.76. The van der Waals surface area contributed by atoms with Gasteiger partial charge in [-0.3, -0.25) is 4.79 Å². The predicted molar refractivity (Wildman–Crippen MR) is 105 cm³/mol. The Morgan fingerprint density at radius 2 is 1.57 bits per heavy atom. The van der Waals surface area contributed by atoms with E-state index in [2.05, 4.69) is 5.32 Å². The fourth-order valence-electron chi connectivity index (χ4n) is 2.91. The number of para-hydroxylation sites is 1. The number of carbonyl (C=O) groups excluding carboxylic acids is 1. The van der Waals surface area contributed by atoms with Crippen LogP contribution in [0, 0.1) is 6.92 Å². The maximum atomic E-state index is 13.2. The molecule has 3 rings (SSSR count). The lowest BCUT2D eigenvalue weighted by Crippen LogP contribution is -2.18. The number of carbonyl (C=O) groups is 1. The SMILES string of the molecule is Cc1ccccc1C(=O)Nc1cc(C(F)(F)F)ccc1N(C)c1ccccc1. The lowest BCUT2D eigenvalue weighted by atomic mass is 10.1. The van der Waals surface area contributed by atoms with E-state index in [-0.39, 0.29) is 5.69 Å². The zero-order valence-corrected chi connectivity index (χ0v) is 15.4. The van der Waals surface area contributed by atoms with Crippen molar-refractivity contribution in [1.82, 2.24) is 0 Å². The summed E-state index contributed by atoms with van der Waals surface area (Å²) in [5.41, 5.74) is 1.67. The maximum Gasteiger partial charge on any atom is 0.416 e. The van der Waals surface area contributed by atoms with Gasteiger partial charge in [-0.25, -0.2) is 0 Å². The predicted octanol–water partition coefficient (Wildman–Crippen LogP) is 6.03. The summed E-state index contributed by atoms with van der Waals surface area (Å²) in [4.78, 5) is 14.4. The third-order valence-electron chi connectivity index (χ3n) is 4.47. The molecule has 1 amide bonds. The molecule has 0 fully saturated rings. The van der Waals surface area contributed by atoms with Gasteiger partial charge in [0.2, 0.25) is 0 Å². The minimum atomic E-state index is -4.51. The second-order valence-electron chi connectivity index (χ2n) is 6.39. The van der Waals surface area contributed by atoms with E-state index in [1.165, 1.54) is 6.07 Å². The number of anilines is 3. The summed E-state index contributed by atoms with van der Waals surface area (Å²) < 4.78 is 39.7. The first-order chi connectivity index (χ1) is 13.3. The van der Waals surface area contributed by atoms with Crippen molar-refractivity contribution in [3.05, 3.63) is 89.5 Å². The van der Waals surface area contributed by atoms with Crippen LogP contribution in [0.1, 0.15) is 21.5 Å². The first kappa shape index (κ1) is 19.5. The standard InChI is InChI=1S/C22H19F3N2O/c1-15-8-6-7-11-18(15)21(28)26-19-14-16(22(23,24)25)12-13-20(19)27(2)17-9-4-3-5-10-17/h3-14H,1-2H3,(H,26,28). The number of hydrogen-bond acceptors (Lipinski definition) is 2. The average Bonchev–Trinajstić information content (AvgIpc) is 2.67. The van der Waals surface area contributed by atoms with Crippen LogP contribution in [0.4, 0.5) is 30.2 Å². The van der Waals surface area contributed by atoms with E-state index in [0.717, 1.165) is 23.4 Å². The van der Waals surface area contributed by atoms with Crippen molar-refractivity contribution in [2.45, 2.75) is 13.1 Å². The highest BCUT2D eigenvalue weighted by Crippen LogP contribution is 2.37. The van der Waals surface area contributed by atoms with Gasteiger partial charge >= 0.3 is 6.18 Å². The molecule has 0 saturated carbocycles. The van der Waals surface area contributed by atoms with Crippen molar-refractivity contribution >= 4 is 23.0 Å². The molecule has 0 radical (unpaired) electrons. The Hall–Kier alpha value is -3.28. The van der Waals surface area contributed by atoms with E-state index in [9.17, 15) is 18.0 Å². The summed E-state index contributed by atoms with van der Waals surface area (Å²) in [6.07, 6.45) is -4.51. The van der Waals surface area contributed by atoms with Crippen LogP contribution in [0.3, 0.4) is 0 Å². The molecule has 3 nitrogen and oxygen atoms in total. The maximum absolute atomic E-state index is 13.2. The molecule has 3 aromatic carbocycles. The van der Waals surface area contributed by atoms with Crippen LogP contribution >= 0.6 is 0 Å². The quantitative estimate of drug-likeness (QED) is 0.595. The monoisotopic (exact) mass is 384 g/mol. The molecule has 3 aromatic rings. The van der Waals surface area contributed by atoms with Crippen LogP contribution in [0.5, 0.6) is 0 Å². The van der Waals surface area contributed by atoms with Crippen LogP contribution in [0.2, 0.25) is 0 Å². The molecule has 0 aromatic heterocycles. The molecule has 1 N–H and O–H groups in total. The number of nitrogens with one attached hydrogen (secondary N) is 1. The summed E-state index contributed by atoms with van der Waals surface area (Å²) in [6.45, 7) is 1.78. The van der Waals surface area contributed by atoms with Crippen LogP contribution in [0.15, 0.2) is 72.8 Å². The minimum Gasteiger partial charge on any atom is -0.343 e. The zero-order chi connectivity index (χ0) is 20.3. The van der Waals surface area contributed by atoms with Gasteiger partial charge < -0.3 is 10.2 Å². The molecular formula is C22H19F3N2O. The van der Waals surface area contributed by atoms with E-state index >= 15 is 0 Å². The van der Waals surface area contributed by atoms with Gasteiger partial charge in [0.1, 0.15) is 0 Å². The number of amides is 1. The topological polar surface area (TPSA) is 32.3 Å². The lowest BCUT2D eigenvalue weighted by molar-refractivity contribution is -0.137. The Morgan fingerprint density at radius 1 is 0.929 bits per heavy atom. The largest absolute Gasteiger partial charge is 0.416 e. The van der Waals surface area contributed by atoms with Gasteiger partial charge in [0.15, 0.2) is 0 Å². The van der Waals surface area contributed by atoms with Gasteiger partial charge in [-0.2, -0.15) is 13.2 Å². The molecule has 0 unspecified atom stereocenters. The first-order valence-electron chi connectivity index (χ1n) is 8.64. The highest BCUT2D eigenvalue weighted by Gasteiger charge is 2.31. The van der Waals surface area contributed by atoms with Crippen molar-refractivity contribution in [2.75, 3.05) is 17.3 Å². The van der Waals surface area contributed by atoms with Gasteiger partial charge in [-0.15, -0.1) is 0 Å². The molecule has 0 atom stereocenters. The molecule has 0 aliphatic carbocycles. The number of halogens is 3. The van der Waals surface area contributed by atoms with E-state index < -0.39 is 17.6 Å². The van der Waals surface area contributed by atoms with Crippen molar-refractivity contribution < 1.29 is 18.0 Å². The Bertz CT molecular complexity index is 985. The Balaban J connectivity index is 2.03. The summed E-state index contributed by atoms with van der Waals surface area (Å²) in [6, 6.07) is 19.5. The molecule has 144 valence electrons. The number of aryl methyl sites for hydroxylation is 1. The van der Waals surface area contributed by atoms with Gasteiger partial charge in [0.05, 0.1) is 16.9 Å². The van der Waals surface area contributed by atoms with Gasteiger partial charge in [-0.05, 0) is 48.9 Å². The van der Waals surface area contributed by atoms with E-state index in [1.54, 1.807) is 43.1 Å². The number of hydrogen-bond donors (Lipinski definition) is 1. The minimum absolute atomic E-state index is 0.0921. The van der Waals surface area contributed by atoms with Crippen LogP contribution in [-0.4, -0.2) is 13.0 Å². The molecular weight excluding hydrogens is 365 g/mol. The molecule has 0 saturated heterocycles. The highest BCUT2D eigenvalue weighted by atomic mass is 19.4. The number of rotatable bonds is 4. The van der Waals surface area contributed by atoms with E-state index in [0.29, 0.717) is 11.3 Å². The van der Waals surface area contributed by atoms with Crippen LogP contribution in [-0.2, 0) is 6.18 Å². The number of nitrogens with zero attached hydrogens (tertiary/aromatic N) is 1. The normalized spacial score (nSPS) is 11.2. The number of alkyl halides is 3. The molecule has 0 aliphatic rings. The van der Waals surface area contributed by atoms with E-state index in [1.807, 2.05) is 30.3 Å². The Morgan fingerprint density at radius 3 is 2.21 bits per heavy atom. The highest BCUT2D eigenvalue weighted by molar-refractivity contribution is 6.07. The van der Waals surface area contributed by atoms with E-state index in [4.69, 9.17) is 0 Å². The molecule has 6 heteroatoms. The second-order valence-corrected chi connectivity index (χ2v) is 6.39. The fraction of sp³-hybridized carbons (Fsp3) is 0.136. The van der Waals surface area contributed by atoms with Crippen LogP contribution < -0.4 is 10.2 Å². The zero-order valence-electron chi connectivity index (χ0n) is 15.4.